The Morgan fingerprint density at radius 1 is 0.818 bits per heavy atom. The van der Waals surface area contributed by atoms with Crippen LogP contribution in [0.4, 0.5) is 9.59 Å². The Morgan fingerprint density at radius 3 is 1.93 bits per heavy atom. The Hall–Kier alpha value is -3.84. The Morgan fingerprint density at radius 2 is 1.35 bits per heavy atom. The van der Waals surface area contributed by atoms with E-state index in [4.69, 9.17) is 28.9 Å². The average Bonchev–Trinajstić information content (AvgIpc) is 3.91. The molecule has 13 heteroatoms. The number of nitrogens with one attached hydrogen (secondary N) is 1. The van der Waals surface area contributed by atoms with Crippen LogP contribution in [0.3, 0.4) is 0 Å². The molecule has 1 aromatic heterocycles. The van der Waals surface area contributed by atoms with Gasteiger partial charge in [-0.15, -0.1) is 0 Å². The lowest BCUT2D eigenvalue weighted by Gasteiger charge is -2.28. The van der Waals surface area contributed by atoms with E-state index in [1.165, 1.54) is 0 Å². The monoisotopic (exact) mass is 879 g/mol. The van der Waals surface area contributed by atoms with Crippen molar-refractivity contribution in [1.29, 1.82) is 0 Å². The molecule has 0 saturated carbocycles. The number of amides is 2. The Kier molecular flexibility index (Phi) is 10.7. The number of H-pyrrole nitrogens is 1. The molecule has 7 rings (SSSR count). The van der Waals surface area contributed by atoms with E-state index in [1.54, 1.807) is 4.90 Å². The number of allylic oxidation sites excluding steroid dienone is 1. The van der Waals surface area contributed by atoms with Gasteiger partial charge in [0.25, 0.3) is 0 Å². The van der Waals surface area contributed by atoms with Gasteiger partial charge in [0.15, 0.2) is 0 Å². The number of hydrogen-bond acceptors (Lipinski definition) is 8. The molecule has 2 atom stereocenters. The number of fused-ring (bicyclic) bond motifs is 3. The van der Waals surface area contributed by atoms with Crippen LogP contribution in [0.15, 0.2) is 50.6 Å². The zero-order valence-electron chi connectivity index (χ0n) is 33.0. The molecule has 55 heavy (non-hydrogen) atoms. The number of aromatic nitrogens is 2. The fourth-order valence-electron chi connectivity index (χ4n) is 7.51. The van der Waals surface area contributed by atoms with Gasteiger partial charge in [-0.05, 0) is 134 Å². The van der Waals surface area contributed by atoms with Gasteiger partial charge in [-0.3, -0.25) is 9.80 Å². The van der Waals surface area contributed by atoms with E-state index >= 15 is 0 Å². The first kappa shape index (κ1) is 39.4. The molecule has 0 bridgehead atoms. The van der Waals surface area contributed by atoms with Gasteiger partial charge < -0.3 is 23.9 Å². The Balaban J connectivity index is 1.16. The number of aliphatic imine (C=N–C) groups is 1. The topological polar surface area (TPSA) is 119 Å². The highest BCUT2D eigenvalue weighted by atomic mass is 79.9. The highest BCUT2D eigenvalue weighted by Gasteiger charge is 2.38. The Labute approximate surface area is 340 Å². The summed E-state index contributed by atoms with van der Waals surface area (Å²) in [5.74, 6) is 2.20. The minimum Gasteiger partial charge on any atom is -0.492 e. The van der Waals surface area contributed by atoms with Crippen molar-refractivity contribution < 1.29 is 28.5 Å². The number of carbonyl (C=O) groups excluding carboxylic acids is 2. The molecule has 1 N–H and O–H groups in total. The number of carbonyl (C=O) groups is 2. The maximum absolute atomic E-state index is 13.1. The van der Waals surface area contributed by atoms with Crippen LogP contribution < -0.4 is 9.47 Å². The van der Waals surface area contributed by atoms with Crippen molar-refractivity contribution in [1.82, 2.24) is 19.8 Å². The van der Waals surface area contributed by atoms with Gasteiger partial charge in [0, 0.05) is 47.3 Å². The number of ether oxygens (including phenoxy) is 4. The number of aromatic amines is 1. The van der Waals surface area contributed by atoms with E-state index in [-0.39, 0.29) is 29.7 Å². The molecule has 0 unspecified atom stereocenters. The van der Waals surface area contributed by atoms with E-state index in [1.807, 2.05) is 58.6 Å². The third kappa shape index (κ3) is 8.62. The minimum absolute atomic E-state index is 0.101. The second-order valence-corrected chi connectivity index (χ2v) is 19.2. The molecule has 4 aliphatic rings. The van der Waals surface area contributed by atoms with Crippen LogP contribution in [0.5, 0.6) is 11.5 Å². The second kappa shape index (κ2) is 14.9. The van der Waals surface area contributed by atoms with Crippen LogP contribution in [0.1, 0.15) is 105 Å². The summed E-state index contributed by atoms with van der Waals surface area (Å²) in [5, 5.41) is 0. The van der Waals surface area contributed by atoms with E-state index in [9.17, 15) is 9.59 Å². The highest BCUT2D eigenvalue weighted by molar-refractivity contribution is 9.11. The lowest BCUT2D eigenvalue weighted by Crippen LogP contribution is -2.43. The number of hydrogen-bond donors (Lipinski definition) is 1. The summed E-state index contributed by atoms with van der Waals surface area (Å²) < 4.78 is 26.1. The largest absolute Gasteiger partial charge is 0.492 e. The fourth-order valence-corrected chi connectivity index (χ4v) is 8.63. The van der Waals surface area contributed by atoms with E-state index < -0.39 is 11.2 Å². The van der Waals surface area contributed by atoms with E-state index in [0.717, 1.165) is 85.6 Å². The summed E-state index contributed by atoms with van der Waals surface area (Å²) >= 11 is 7.48. The SMILES string of the molecule is CC1(C)COc2cc(C3=C(Br)N=C([C@@H]4CCCN4C(=O)OC(C)(C)C)C3)ccc2-c2ccc(-c3nc([C@@H]4CCCN4C(=O)OC(C)(C)C)[nH]c3Br)cc2OC1. The molecule has 11 nitrogen and oxygen atoms in total. The van der Waals surface area contributed by atoms with Crippen LogP contribution in [-0.2, 0) is 9.47 Å². The lowest BCUT2D eigenvalue weighted by atomic mass is 9.95. The van der Waals surface area contributed by atoms with Gasteiger partial charge in [-0.2, -0.15) is 0 Å². The number of imidazole rings is 1. The van der Waals surface area contributed by atoms with Crippen molar-refractivity contribution in [3.63, 3.8) is 0 Å². The van der Waals surface area contributed by atoms with Gasteiger partial charge in [-0.25, -0.2) is 19.6 Å². The molecular formula is C42H51Br2N5O6. The molecular weight excluding hydrogens is 830 g/mol. The van der Waals surface area contributed by atoms with Gasteiger partial charge in [0.2, 0.25) is 0 Å². The molecule has 4 aliphatic heterocycles. The van der Waals surface area contributed by atoms with Crippen LogP contribution in [0, 0.1) is 5.41 Å². The normalized spacial score (nSPS) is 21.2. The summed E-state index contributed by atoms with van der Waals surface area (Å²) in [4.78, 5) is 43.1. The molecule has 0 spiro atoms. The van der Waals surface area contributed by atoms with Crippen molar-refractivity contribution in [2.45, 2.75) is 111 Å². The van der Waals surface area contributed by atoms with Crippen LogP contribution in [-0.4, -0.2) is 81.2 Å². The summed E-state index contributed by atoms with van der Waals surface area (Å²) in [6.07, 6.45) is 3.43. The lowest BCUT2D eigenvalue weighted by molar-refractivity contribution is 0.0216. The number of likely N-dealkylation sites (tertiary alicyclic amines) is 2. The first-order chi connectivity index (χ1) is 25.9. The van der Waals surface area contributed by atoms with E-state index in [0.29, 0.717) is 38.5 Å². The van der Waals surface area contributed by atoms with Crippen molar-refractivity contribution in [3.8, 4) is 33.9 Å². The number of rotatable bonds is 4. The number of halogens is 2. The quantitative estimate of drug-likeness (QED) is 0.259. The molecule has 2 aromatic carbocycles. The fraction of sp³-hybridized carbons (Fsp3) is 0.524. The predicted octanol–water partition coefficient (Wildman–Crippen LogP) is 10.7. The van der Waals surface area contributed by atoms with Gasteiger partial charge in [0.1, 0.15) is 43.4 Å². The number of nitrogens with zero attached hydrogens (tertiary/aromatic N) is 4. The molecule has 2 fully saturated rings. The van der Waals surface area contributed by atoms with E-state index in [2.05, 4.69) is 75.0 Å². The maximum atomic E-state index is 13.1. The highest BCUT2D eigenvalue weighted by Crippen LogP contribution is 2.45. The molecule has 5 heterocycles. The smallest absolute Gasteiger partial charge is 0.410 e. The van der Waals surface area contributed by atoms with Crippen molar-refractivity contribution >= 4 is 55.3 Å². The zero-order chi connectivity index (χ0) is 39.4. The van der Waals surface area contributed by atoms with Crippen LogP contribution in [0.25, 0.3) is 28.0 Å². The molecule has 0 aliphatic carbocycles. The van der Waals surface area contributed by atoms with Crippen molar-refractivity contribution in [3.05, 3.63) is 57.0 Å². The molecule has 2 amide bonds. The summed E-state index contributed by atoms with van der Waals surface area (Å²) in [7, 11) is 0. The molecule has 0 radical (unpaired) electrons. The van der Waals surface area contributed by atoms with Crippen molar-refractivity contribution in [2.24, 2.45) is 10.4 Å². The standard InChI is InChI=1S/C42H51Br2N5O6/c1-40(2,3)54-38(50)48-17-9-11-30(48)29-21-28(35(43)45-29)24-13-15-26-27-16-14-25(20-33(27)53-23-42(7,8)22-52-32(26)19-24)34-36(44)47-37(46-34)31-12-10-18-49(31)39(51)55-41(4,5)6/h13-16,19-20,30-31H,9-12,17-18,21-23H2,1-8H3,(H,46,47)/t30-,31-/m0/s1. The number of benzene rings is 2. The van der Waals surface area contributed by atoms with Gasteiger partial charge in [0.05, 0.1) is 25.3 Å². The summed E-state index contributed by atoms with van der Waals surface area (Å²) in [6.45, 7) is 17.8. The molecule has 2 saturated heterocycles. The second-order valence-electron chi connectivity index (χ2n) is 17.7. The van der Waals surface area contributed by atoms with Crippen LogP contribution in [0.2, 0.25) is 0 Å². The first-order valence-electron chi connectivity index (χ1n) is 19.1. The minimum atomic E-state index is -0.580. The predicted molar refractivity (Wildman–Crippen MR) is 221 cm³/mol. The van der Waals surface area contributed by atoms with Gasteiger partial charge in [-0.1, -0.05) is 26.0 Å². The third-order valence-electron chi connectivity index (χ3n) is 10.1. The zero-order valence-corrected chi connectivity index (χ0v) is 36.1. The van der Waals surface area contributed by atoms with Gasteiger partial charge >= 0.3 is 12.2 Å². The molecule has 294 valence electrons. The maximum Gasteiger partial charge on any atom is 0.410 e. The Bertz CT molecular complexity index is 2060. The van der Waals surface area contributed by atoms with Crippen LogP contribution >= 0.6 is 31.9 Å². The summed E-state index contributed by atoms with van der Waals surface area (Å²) in [6, 6.07) is 12.1. The van der Waals surface area contributed by atoms with Crippen molar-refractivity contribution in [2.75, 3.05) is 26.3 Å². The summed E-state index contributed by atoms with van der Waals surface area (Å²) in [5.41, 5.74) is 5.04. The first-order valence-corrected chi connectivity index (χ1v) is 20.7. The molecule has 3 aromatic rings. The average molecular weight is 882 g/mol. The third-order valence-corrected chi connectivity index (χ3v) is 11.3.